The minimum Gasteiger partial charge on any atom is -0.858 e. The molecule has 2 aromatic rings. The van der Waals surface area contributed by atoms with Crippen molar-refractivity contribution in [3.05, 3.63) is 48.0 Å². The van der Waals surface area contributed by atoms with Crippen LogP contribution >= 0.6 is 0 Å². The van der Waals surface area contributed by atoms with Crippen LogP contribution in [0, 0.1) is 0 Å². The second-order valence-corrected chi connectivity index (χ2v) is 4.89. The summed E-state index contributed by atoms with van der Waals surface area (Å²) >= 11 is 0. The summed E-state index contributed by atoms with van der Waals surface area (Å²) in [5, 5.41) is 15.8. The third-order valence-corrected chi connectivity index (χ3v) is 3.04. The van der Waals surface area contributed by atoms with Gasteiger partial charge in [-0.15, -0.1) is 9.36 Å². The summed E-state index contributed by atoms with van der Waals surface area (Å²) in [5.41, 5.74) is 3.60. The van der Waals surface area contributed by atoms with Gasteiger partial charge in [0.1, 0.15) is 0 Å². The Labute approximate surface area is 128 Å². The molecule has 116 valence electrons. The van der Waals surface area contributed by atoms with Crippen LogP contribution in [-0.4, -0.2) is 28.1 Å². The first-order chi connectivity index (χ1) is 10.6. The third kappa shape index (κ3) is 4.15. The molecule has 0 saturated carbocycles. The summed E-state index contributed by atoms with van der Waals surface area (Å²) in [5.74, 6) is -0.526. The van der Waals surface area contributed by atoms with Crippen molar-refractivity contribution in [3.8, 4) is 0 Å². The maximum Gasteiger partial charge on any atom is 0.287 e. The van der Waals surface area contributed by atoms with E-state index in [0.29, 0.717) is 17.7 Å². The second-order valence-electron chi connectivity index (χ2n) is 4.89. The number of carbonyl (C=O) groups excluding carboxylic acids is 1. The summed E-state index contributed by atoms with van der Waals surface area (Å²) in [7, 11) is 1.76. The lowest BCUT2D eigenvalue weighted by atomic mass is 10.1. The molecule has 0 unspecified atom stereocenters. The van der Waals surface area contributed by atoms with Gasteiger partial charge in [-0.2, -0.15) is 0 Å². The molecule has 1 N–H and O–H groups in total. The number of rotatable bonds is 6. The molecule has 2 rings (SSSR count). The Morgan fingerprint density at radius 3 is 2.64 bits per heavy atom. The van der Waals surface area contributed by atoms with E-state index < -0.39 is 0 Å². The molecule has 0 atom stereocenters. The molecule has 0 spiro atoms. The Kier molecular flexibility index (Phi) is 5.24. The molecule has 0 aliphatic rings. The molecule has 1 aromatic carbocycles. The summed E-state index contributed by atoms with van der Waals surface area (Å²) in [6, 6.07) is 6.44. The predicted octanol–water partition coefficient (Wildman–Crippen LogP) is -0.00150. The van der Waals surface area contributed by atoms with Gasteiger partial charge in [0, 0.05) is 17.2 Å². The van der Waals surface area contributed by atoms with Crippen LogP contribution in [-0.2, 0) is 7.05 Å². The molecule has 1 amide bonds. The maximum atomic E-state index is 12.0. The van der Waals surface area contributed by atoms with Crippen molar-refractivity contribution < 1.29 is 14.6 Å². The van der Waals surface area contributed by atoms with Gasteiger partial charge in [0.15, 0.2) is 0 Å². The van der Waals surface area contributed by atoms with E-state index in [1.54, 1.807) is 42.3 Å². The van der Waals surface area contributed by atoms with Crippen molar-refractivity contribution in [2.75, 3.05) is 12.0 Å². The van der Waals surface area contributed by atoms with Crippen LogP contribution in [0.15, 0.2) is 41.9 Å². The standard InChI is InChI=1S/C15H19N5O2/c1-3-4-9-16-14(21)12-5-7-13(8-6-12)15(22)18-20-10-17-19(2)11-20/h5-8,10-11H,3-4,9H2,1-2H3,(H-,16,18,21,22). The van der Waals surface area contributed by atoms with Crippen molar-refractivity contribution in [1.82, 2.24) is 9.78 Å². The molecule has 22 heavy (non-hydrogen) atoms. The number of aromatic nitrogens is 3. The minimum atomic E-state index is -0.278. The van der Waals surface area contributed by atoms with E-state index in [9.17, 15) is 9.90 Å². The van der Waals surface area contributed by atoms with Crippen LogP contribution in [0.3, 0.4) is 0 Å². The first-order valence-corrected chi connectivity index (χ1v) is 7.13. The van der Waals surface area contributed by atoms with Gasteiger partial charge in [-0.05, 0) is 30.0 Å². The lowest BCUT2D eigenvalue weighted by molar-refractivity contribution is -0.642. The monoisotopic (exact) mass is 301 g/mol. The maximum absolute atomic E-state index is 12.0. The molecule has 1 heterocycles. The molecule has 0 fully saturated rings. The van der Waals surface area contributed by atoms with Crippen molar-refractivity contribution in [3.63, 3.8) is 0 Å². The summed E-state index contributed by atoms with van der Waals surface area (Å²) in [6.07, 6.45) is 5.02. The fraction of sp³-hybridized carbons (Fsp3) is 0.333. The first kappa shape index (κ1) is 15.7. The quantitative estimate of drug-likeness (QED) is 0.353. The highest BCUT2D eigenvalue weighted by atomic mass is 16.3. The van der Waals surface area contributed by atoms with Crippen LogP contribution in [0.4, 0.5) is 0 Å². The molecule has 1 aromatic heterocycles. The molecule has 0 saturated heterocycles. The fourth-order valence-electron chi connectivity index (χ4n) is 1.81. The van der Waals surface area contributed by atoms with Crippen LogP contribution in [0.5, 0.6) is 0 Å². The summed E-state index contributed by atoms with van der Waals surface area (Å²) in [4.78, 5) is 16.0. The van der Waals surface area contributed by atoms with Crippen molar-refractivity contribution in [1.29, 1.82) is 0 Å². The van der Waals surface area contributed by atoms with Gasteiger partial charge in [0.2, 0.25) is 6.33 Å². The molecule has 0 radical (unpaired) electrons. The molecular weight excluding hydrogens is 282 g/mol. The third-order valence-electron chi connectivity index (χ3n) is 3.04. The van der Waals surface area contributed by atoms with Crippen molar-refractivity contribution >= 4 is 11.8 Å². The number of aryl methyl sites for hydroxylation is 1. The van der Waals surface area contributed by atoms with Gasteiger partial charge in [0.25, 0.3) is 12.2 Å². The van der Waals surface area contributed by atoms with Gasteiger partial charge in [-0.25, -0.2) is 5.43 Å². The number of nitrogens with zero attached hydrogens (tertiary/aromatic N) is 4. The van der Waals surface area contributed by atoms with Gasteiger partial charge < -0.3 is 10.1 Å². The highest BCUT2D eigenvalue weighted by Gasteiger charge is 2.09. The minimum absolute atomic E-state index is 0.248. The average molecular weight is 301 g/mol. The van der Waals surface area contributed by atoms with Crippen LogP contribution < -0.4 is 15.2 Å². The number of aliphatic imine (C=N–C) groups is 1. The van der Waals surface area contributed by atoms with Gasteiger partial charge in [0.05, 0.1) is 7.05 Å². The van der Waals surface area contributed by atoms with Crippen LogP contribution in [0.25, 0.3) is 0 Å². The smallest absolute Gasteiger partial charge is 0.287 e. The van der Waals surface area contributed by atoms with Gasteiger partial charge in [-0.3, -0.25) is 4.79 Å². The fourth-order valence-corrected chi connectivity index (χ4v) is 1.81. The van der Waals surface area contributed by atoms with E-state index in [0.717, 1.165) is 12.8 Å². The van der Waals surface area contributed by atoms with Gasteiger partial charge >= 0.3 is 0 Å². The average Bonchev–Trinajstić information content (AvgIpc) is 2.92. The second kappa shape index (κ2) is 7.35. The molecule has 0 bridgehead atoms. The molecule has 0 aliphatic carbocycles. The van der Waals surface area contributed by atoms with Crippen molar-refractivity contribution in [2.45, 2.75) is 19.8 Å². The normalized spacial score (nSPS) is 11.5. The number of amides is 1. The number of hydrogen-bond donors (Lipinski definition) is 1. The highest BCUT2D eigenvalue weighted by molar-refractivity contribution is 6.00. The number of hydrogen-bond acceptors (Lipinski definition) is 4. The topological polar surface area (TPSA) is 86.2 Å². The van der Waals surface area contributed by atoms with E-state index in [2.05, 4.69) is 15.5 Å². The lowest BCUT2D eigenvalue weighted by Gasteiger charge is -2.11. The predicted molar refractivity (Wildman–Crippen MR) is 79.8 cm³/mol. The molecule has 7 nitrogen and oxygen atoms in total. The Bertz CT molecular complexity index is 661. The Morgan fingerprint density at radius 1 is 1.36 bits per heavy atom. The van der Waals surface area contributed by atoms with E-state index in [1.165, 1.54) is 11.0 Å². The Morgan fingerprint density at radius 2 is 2.05 bits per heavy atom. The first-order valence-electron chi connectivity index (χ1n) is 7.13. The Balaban J connectivity index is 2.01. The number of nitrogens with one attached hydrogen (secondary N) is 1. The molecular formula is C15H19N5O2. The summed E-state index contributed by atoms with van der Waals surface area (Å²) in [6.45, 7) is 2.59. The number of carbonyl (C=O) groups is 1. The highest BCUT2D eigenvalue weighted by Crippen LogP contribution is 2.04. The SMILES string of the molecule is CCCCN=C([O-])c1ccc(C(=O)N[n+]2cnn(C)c2)cc1. The molecule has 0 aliphatic heterocycles. The number of unbranched alkanes of at least 4 members (excludes halogenated alkanes) is 1. The van der Waals surface area contributed by atoms with Crippen LogP contribution in [0.1, 0.15) is 35.7 Å². The van der Waals surface area contributed by atoms with Crippen molar-refractivity contribution in [2.24, 2.45) is 12.0 Å². The summed E-state index contributed by atoms with van der Waals surface area (Å²) < 4.78 is 3.03. The molecule has 7 heteroatoms. The van der Waals surface area contributed by atoms with E-state index in [1.807, 2.05) is 6.92 Å². The number of benzene rings is 1. The van der Waals surface area contributed by atoms with E-state index in [4.69, 9.17) is 0 Å². The Hall–Kier alpha value is -2.70. The van der Waals surface area contributed by atoms with Crippen LogP contribution in [0.2, 0.25) is 0 Å². The zero-order valence-electron chi connectivity index (χ0n) is 12.7. The zero-order valence-corrected chi connectivity index (χ0v) is 12.7. The lowest BCUT2D eigenvalue weighted by Crippen LogP contribution is -2.46. The van der Waals surface area contributed by atoms with Gasteiger partial charge in [-0.1, -0.05) is 25.5 Å². The largest absolute Gasteiger partial charge is 0.858 e. The van der Waals surface area contributed by atoms with E-state index in [-0.39, 0.29) is 11.8 Å². The van der Waals surface area contributed by atoms with E-state index >= 15 is 0 Å². The zero-order chi connectivity index (χ0) is 15.9.